The molecule has 11 rings (SSSR count). The molecule has 7 heterocycles. The van der Waals surface area contributed by atoms with Crippen molar-refractivity contribution in [1.82, 2.24) is 49.7 Å². The molecule has 7 aromatic rings. The molecule has 1 saturated heterocycles. The van der Waals surface area contributed by atoms with E-state index in [4.69, 9.17) is 20.2 Å². The van der Waals surface area contributed by atoms with Gasteiger partial charge < -0.3 is 30.1 Å². The Hall–Kier alpha value is -8.44. The highest BCUT2D eigenvalue weighted by atomic mass is 16.6. The van der Waals surface area contributed by atoms with E-state index in [1.165, 1.54) is 41.9 Å². The number of imidazole rings is 2. The van der Waals surface area contributed by atoms with Gasteiger partial charge >= 0.3 is 12.2 Å². The highest BCUT2D eigenvalue weighted by Gasteiger charge is 2.36. The predicted octanol–water partition coefficient (Wildman–Crippen LogP) is 12.4. The minimum absolute atomic E-state index is 0.0520. The Bertz CT molecular complexity index is 3330. The molecule has 1 saturated carbocycles. The van der Waals surface area contributed by atoms with Gasteiger partial charge in [0.2, 0.25) is 0 Å². The van der Waals surface area contributed by atoms with Crippen LogP contribution in [0.25, 0.3) is 56.4 Å². The predicted molar refractivity (Wildman–Crippen MR) is 303 cm³/mol. The van der Waals surface area contributed by atoms with Gasteiger partial charge in [0.15, 0.2) is 11.6 Å². The first-order chi connectivity index (χ1) is 37.7. The van der Waals surface area contributed by atoms with Crippen molar-refractivity contribution in [3.05, 3.63) is 157 Å². The summed E-state index contributed by atoms with van der Waals surface area (Å²) in [7, 11) is 1.70. The molecule has 400 valence electrons. The quantitative estimate of drug-likeness (QED) is 0.0986. The van der Waals surface area contributed by atoms with Crippen LogP contribution in [0, 0.1) is 5.92 Å². The number of nitrogens with one attached hydrogen (secondary N) is 2. The molecule has 2 fully saturated rings. The van der Waals surface area contributed by atoms with Crippen LogP contribution in [-0.2, 0) is 16.1 Å². The van der Waals surface area contributed by atoms with Gasteiger partial charge in [-0.25, -0.2) is 39.5 Å². The first kappa shape index (κ1) is 53.0. The lowest BCUT2D eigenvalue weighted by Crippen LogP contribution is -2.43. The van der Waals surface area contributed by atoms with Gasteiger partial charge in [0, 0.05) is 97.3 Å². The number of rotatable bonds is 13. The van der Waals surface area contributed by atoms with Crippen molar-refractivity contribution in [2.75, 3.05) is 13.6 Å². The molecule has 17 nitrogen and oxygen atoms in total. The zero-order valence-corrected chi connectivity index (χ0v) is 45.2. The molecule has 0 bridgehead atoms. The van der Waals surface area contributed by atoms with E-state index in [9.17, 15) is 9.59 Å². The van der Waals surface area contributed by atoms with Crippen LogP contribution in [0.5, 0.6) is 0 Å². The second-order valence-electron chi connectivity index (χ2n) is 21.4. The number of amides is 2. The number of ether oxygens (including phenoxy) is 2. The van der Waals surface area contributed by atoms with Gasteiger partial charge in [0.1, 0.15) is 23.9 Å². The van der Waals surface area contributed by atoms with Gasteiger partial charge in [-0.1, -0.05) is 91.7 Å². The van der Waals surface area contributed by atoms with Crippen LogP contribution in [0.15, 0.2) is 138 Å². The molecule has 1 aliphatic carbocycles. The van der Waals surface area contributed by atoms with Crippen molar-refractivity contribution in [2.45, 2.75) is 116 Å². The van der Waals surface area contributed by atoms with Crippen molar-refractivity contribution in [3.63, 3.8) is 0 Å². The average Bonchev–Trinajstić information content (AvgIpc) is 4.35. The number of aromatic amines is 2. The van der Waals surface area contributed by atoms with Crippen LogP contribution in [0.3, 0.4) is 0 Å². The van der Waals surface area contributed by atoms with Gasteiger partial charge in [-0.2, -0.15) is 0 Å². The lowest BCUT2D eigenvalue weighted by molar-refractivity contribution is 0.0265. The maximum atomic E-state index is 12.8. The van der Waals surface area contributed by atoms with Gasteiger partial charge in [-0.05, 0) is 94.1 Å². The zero-order chi connectivity index (χ0) is 54.3. The Labute approximate surface area is 455 Å². The third kappa shape index (κ3) is 12.5. The number of aliphatic imine (C=N–C) groups is 2. The van der Waals surface area contributed by atoms with Crippen LogP contribution >= 0.6 is 0 Å². The zero-order valence-electron chi connectivity index (χ0n) is 45.2. The van der Waals surface area contributed by atoms with Crippen LogP contribution in [0.1, 0.15) is 126 Å². The molecule has 0 unspecified atom stereocenters. The normalized spacial score (nSPS) is 17.1. The SMILES string of the molecule is C[C@@H](c1ncc(-c2ccc(-c3ncc(C4=CN=C([C@@H]5CCCN5C(=O)OC(C)(C)C)C4)cn3)cc2)[nH]1)N(C)C(=O)OCc1ccccc1.C[C@H](N)c1ncc(-c2ccc(-c3ncc(C4=CN=C(C5CCCC5)C4)cn3)cc2)[nH]1. The lowest BCUT2D eigenvalue weighted by Gasteiger charge is -2.28. The molecule has 4 N–H and O–H groups in total. The maximum Gasteiger partial charge on any atom is 0.410 e. The minimum Gasteiger partial charge on any atom is -0.445 e. The number of allylic oxidation sites excluding steroid dienone is 2. The fraction of sp³-hybridized carbons (Fsp3) is 0.344. The van der Waals surface area contributed by atoms with E-state index in [1.807, 2.05) is 157 Å². The van der Waals surface area contributed by atoms with Crippen molar-refractivity contribution in [3.8, 4) is 45.3 Å². The third-order valence-corrected chi connectivity index (χ3v) is 14.7. The Morgan fingerprint density at radius 3 is 1.71 bits per heavy atom. The van der Waals surface area contributed by atoms with Crippen LogP contribution in [0.2, 0.25) is 0 Å². The van der Waals surface area contributed by atoms with E-state index < -0.39 is 11.7 Å². The number of nitrogens with two attached hydrogens (primary N) is 1. The van der Waals surface area contributed by atoms with Gasteiger partial charge in [0.05, 0.1) is 41.9 Å². The third-order valence-electron chi connectivity index (χ3n) is 14.7. The lowest BCUT2D eigenvalue weighted by atomic mass is 9.95. The van der Waals surface area contributed by atoms with E-state index in [0.29, 0.717) is 30.5 Å². The number of benzene rings is 3. The number of likely N-dealkylation sites (tertiary alicyclic amines) is 1. The number of hydrogen-bond acceptors (Lipinski definition) is 13. The molecule has 4 aromatic heterocycles. The molecule has 3 atom stereocenters. The first-order valence-corrected chi connectivity index (χ1v) is 26.9. The van der Waals surface area contributed by atoms with Gasteiger partial charge in [-0.15, -0.1) is 0 Å². The number of carbonyl (C=O) groups excluding carboxylic acids is 2. The molecule has 2 amide bonds. The largest absolute Gasteiger partial charge is 0.445 e. The van der Waals surface area contributed by atoms with Crippen molar-refractivity contribution < 1.29 is 19.1 Å². The van der Waals surface area contributed by atoms with Crippen LogP contribution in [0.4, 0.5) is 9.59 Å². The van der Waals surface area contributed by atoms with E-state index in [1.54, 1.807) is 18.1 Å². The van der Waals surface area contributed by atoms with Gasteiger partial charge in [0.25, 0.3) is 0 Å². The Balaban J connectivity index is 0.000000196. The Morgan fingerprint density at radius 1 is 0.654 bits per heavy atom. The number of aromatic nitrogens is 8. The summed E-state index contributed by atoms with van der Waals surface area (Å²) in [4.78, 5) is 72.1. The smallest absolute Gasteiger partial charge is 0.410 e. The topological polar surface area (TPSA) is 219 Å². The maximum absolute atomic E-state index is 12.8. The van der Waals surface area contributed by atoms with E-state index in [0.717, 1.165) is 92.5 Å². The molecule has 3 aromatic carbocycles. The average molecular weight is 1050 g/mol. The van der Waals surface area contributed by atoms with Gasteiger partial charge in [-0.3, -0.25) is 14.9 Å². The molecule has 4 aliphatic rings. The standard InChI is InChI=1S/C37H41N7O4.C24H26N6/c1-24(43(5)35(45)47-23-25-10-7-6-8-11-25)33-41-22-31(42-33)26-13-15-27(16-14-26)34-39-20-29(21-40-34)28-18-30(38-19-28)32-12-9-17-44(32)36(46)48-37(2,3)4;1-15(25)23-29-14-22(30-23)17-6-8-18(9-7-17)24-27-12-20(13-28-24)19-10-21(26-11-19)16-4-2-3-5-16/h6-8,10-11,13-16,19-22,24,32H,9,12,17-18,23H2,1-5H3,(H,41,42);6-9,11-16H,2-5,10,25H2,1H3,(H,29,30)/t24-,32-;15-/m00/s1. The summed E-state index contributed by atoms with van der Waals surface area (Å²) in [6.45, 7) is 10.3. The van der Waals surface area contributed by atoms with E-state index >= 15 is 0 Å². The molecule has 3 aliphatic heterocycles. The van der Waals surface area contributed by atoms with Crippen molar-refractivity contribution >= 4 is 34.8 Å². The summed E-state index contributed by atoms with van der Waals surface area (Å²) in [6, 6.07) is 25.2. The minimum atomic E-state index is -0.537. The summed E-state index contributed by atoms with van der Waals surface area (Å²) < 4.78 is 11.1. The van der Waals surface area contributed by atoms with Crippen LogP contribution in [-0.4, -0.2) is 98.5 Å². The van der Waals surface area contributed by atoms with E-state index in [-0.39, 0.29) is 30.8 Å². The van der Waals surface area contributed by atoms with Crippen molar-refractivity contribution in [1.29, 1.82) is 0 Å². The summed E-state index contributed by atoms with van der Waals surface area (Å²) in [5.74, 6) is 3.46. The highest BCUT2D eigenvalue weighted by Crippen LogP contribution is 2.35. The van der Waals surface area contributed by atoms with Crippen LogP contribution < -0.4 is 5.73 Å². The highest BCUT2D eigenvalue weighted by molar-refractivity contribution is 6.03. The molecule has 0 radical (unpaired) electrons. The van der Waals surface area contributed by atoms with Crippen molar-refractivity contribution in [2.24, 2.45) is 21.6 Å². The van der Waals surface area contributed by atoms with E-state index in [2.05, 4.69) is 44.9 Å². The number of nitrogens with zero attached hydrogens (tertiary/aromatic N) is 10. The number of carbonyl (C=O) groups is 2. The molecular formula is C61H67N13O4. The monoisotopic (exact) mass is 1050 g/mol. The molecule has 0 spiro atoms. The second kappa shape index (κ2) is 23.4. The molecule has 78 heavy (non-hydrogen) atoms. The fourth-order valence-electron chi connectivity index (χ4n) is 10.1. The second-order valence-corrected chi connectivity index (χ2v) is 21.4. The first-order valence-electron chi connectivity index (χ1n) is 26.9. The Morgan fingerprint density at radius 2 is 1.17 bits per heavy atom. The molecule has 17 heteroatoms. The number of hydrogen-bond donors (Lipinski definition) is 3. The summed E-state index contributed by atoms with van der Waals surface area (Å²) in [5.41, 5.74) is 18.5. The summed E-state index contributed by atoms with van der Waals surface area (Å²) in [6.07, 6.45) is 22.9. The fourth-order valence-corrected chi connectivity index (χ4v) is 10.1. The molecular weight excluding hydrogens is 979 g/mol. The number of H-pyrrole nitrogens is 2. The summed E-state index contributed by atoms with van der Waals surface area (Å²) >= 11 is 0. The summed E-state index contributed by atoms with van der Waals surface area (Å²) in [5, 5.41) is 0. The Kier molecular flexibility index (Phi) is 15.9.